The average Bonchev–Trinajstić information content (AvgIpc) is 2.70. The van der Waals surface area contributed by atoms with Gasteiger partial charge in [0.1, 0.15) is 12.4 Å². The van der Waals surface area contributed by atoms with Gasteiger partial charge in [-0.2, -0.15) is 0 Å². The van der Waals surface area contributed by atoms with Crippen molar-refractivity contribution in [3.05, 3.63) is 73.9 Å². The number of halogens is 2. The summed E-state index contributed by atoms with van der Waals surface area (Å²) in [6.45, 7) is 0.710. The van der Waals surface area contributed by atoms with Crippen LogP contribution in [0.1, 0.15) is 17.3 Å². The van der Waals surface area contributed by atoms with Gasteiger partial charge in [-0.1, -0.05) is 23.7 Å². The molecule has 28 heavy (non-hydrogen) atoms. The summed E-state index contributed by atoms with van der Waals surface area (Å²) in [7, 11) is 0. The zero-order valence-corrected chi connectivity index (χ0v) is 15.9. The Hall–Kier alpha value is -2.93. The number of ether oxygens (including phenoxy) is 1. The van der Waals surface area contributed by atoms with Gasteiger partial charge in [-0.05, 0) is 37.3 Å². The Morgan fingerprint density at radius 2 is 1.89 bits per heavy atom. The number of carbonyl (C=O) groups is 1. The van der Waals surface area contributed by atoms with E-state index in [1.165, 1.54) is 10.6 Å². The highest BCUT2D eigenvalue weighted by molar-refractivity contribution is 6.32. The minimum Gasteiger partial charge on any atom is -0.492 e. The third-order valence-electron chi connectivity index (χ3n) is 4.30. The number of hydrogen-bond donors (Lipinski definition) is 0. The molecule has 0 aliphatic heterocycles. The molecule has 0 saturated carbocycles. The molecule has 3 rings (SSSR count). The molecule has 0 spiro atoms. The van der Waals surface area contributed by atoms with Crippen LogP contribution in [0.2, 0.25) is 5.02 Å². The maximum Gasteiger partial charge on any atom is 0.331 e. The predicted octanol–water partition coefficient (Wildman–Crippen LogP) is 3.07. The molecule has 0 N–H and O–H groups in total. The van der Waals surface area contributed by atoms with E-state index in [-0.39, 0.29) is 29.3 Å². The number of hydrogen-bond acceptors (Lipinski definition) is 4. The summed E-state index contributed by atoms with van der Waals surface area (Å²) in [6.07, 6.45) is 0. The van der Waals surface area contributed by atoms with Crippen molar-refractivity contribution >= 4 is 28.3 Å². The van der Waals surface area contributed by atoms with E-state index in [4.69, 9.17) is 16.3 Å². The van der Waals surface area contributed by atoms with Crippen LogP contribution in [0.5, 0.6) is 5.75 Å². The third-order valence-corrected chi connectivity index (χ3v) is 4.59. The van der Waals surface area contributed by atoms with Gasteiger partial charge in [-0.25, -0.2) is 9.18 Å². The zero-order chi connectivity index (χ0) is 20.3. The number of ketones is 1. The number of alkyl halides is 1. The van der Waals surface area contributed by atoms with E-state index in [1.54, 1.807) is 36.4 Å². The zero-order valence-electron chi connectivity index (χ0n) is 15.2. The smallest absolute Gasteiger partial charge is 0.331 e. The molecule has 1 heterocycles. The Morgan fingerprint density at radius 1 is 1.14 bits per heavy atom. The van der Waals surface area contributed by atoms with Gasteiger partial charge in [0.15, 0.2) is 5.78 Å². The van der Waals surface area contributed by atoms with Crippen molar-refractivity contribution in [3.63, 3.8) is 0 Å². The topological polar surface area (TPSA) is 70.3 Å². The fourth-order valence-corrected chi connectivity index (χ4v) is 3.22. The lowest BCUT2D eigenvalue weighted by atomic mass is 10.1. The lowest BCUT2D eigenvalue weighted by molar-refractivity contribution is 0.0971. The molecule has 1 aromatic heterocycles. The highest BCUT2D eigenvalue weighted by Crippen LogP contribution is 2.25. The fraction of sp³-hybridized carbons (Fsp3) is 0.250. The van der Waals surface area contributed by atoms with E-state index < -0.39 is 17.9 Å². The van der Waals surface area contributed by atoms with E-state index in [9.17, 15) is 18.8 Å². The predicted molar refractivity (Wildman–Crippen MR) is 105 cm³/mol. The number of aromatic nitrogens is 2. The van der Waals surface area contributed by atoms with Crippen LogP contribution in [0, 0.1) is 0 Å². The van der Waals surface area contributed by atoms with Crippen molar-refractivity contribution in [2.45, 2.75) is 20.0 Å². The second kappa shape index (κ2) is 8.39. The SMILES string of the molecule is CCOc1ccc(C(=O)Cn2c(=O)n(CCF)c(=O)c3ccccc32)cc1Cl. The molecule has 8 heteroatoms. The summed E-state index contributed by atoms with van der Waals surface area (Å²) in [4.78, 5) is 38.0. The van der Waals surface area contributed by atoms with Crippen molar-refractivity contribution in [2.24, 2.45) is 0 Å². The highest BCUT2D eigenvalue weighted by atomic mass is 35.5. The number of benzene rings is 2. The maximum absolute atomic E-state index is 12.8. The Balaban J connectivity index is 2.07. The van der Waals surface area contributed by atoms with Crippen molar-refractivity contribution in [1.82, 2.24) is 9.13 Å². The molecule has 146 valence electrons. The highest BCUT2D eigenvalue weighted by Gasteiger charge is 2.17. The molecular weight excluding hydrogens is 387 g/mol. The molecule has 0 amide bonds. The third kappa shape index (κ3) is 3.71. The van der Waals surface area contributed by atoms with Crippen LogP contribution in [0.15, 0.2) is 52.1 Å². The molecular formula is C20H18ClFN2O4. The molecule has 0 saturated heterocycles. The Bertz CT molecular complexity index is 1150. The second-order valence-corrected chi connectivity index (χ2v) is 6.44. The summed E-state index contributed by atoms with van der Waals surface area (Å²) in [5, 5.41) is 0.528. The first-order valence-electron chi connectivity index (χ1n) is 8.71. The first-order valence-corrected chi connectivity index (χ1v) is 9.09. The van der Waals surface area contributed by atoms with Crippen molar-refractivity contribution in [2.75, 3.05) is 13.3 Å². The first-order chi connectivity index (χ1) is 13.5. The Labute approximate surface area is 164 Å². The van der Waals surface area contributed by atoms with Gasteiger partial charge in [0.2, 0.25) is 0 Å². The minimum absolute atomic E-state index is 0.244. The summed E-state index contributed by atoms with van der Waals surface area (Å²) < 4.78 is 20.2. The van der Waals surface area contributed by atoms with E-state index >= 15 is 0 Å². The van der Waals surface area contributed by atoms with Crippen LogP contribution in [-0.4, -0.2) is 28.2 Å². The lowest BCUT2D eigenvalue weighted by Gasteiger charge is -2.13. The molecule has 0 atom stereocenters. The molecule has 0 aliphatic rings. The average molecular weight is 405 g/mol. The largest absolute Gasteiger partial charge is 0.492 e. The fourth-order valence-electron chi connectivity index (χ4n) is 2.99. The van der Waals surface area contributed by atoms with Crippen molar-refractivity contribution in [1.29, 1.82) is 0 Å². The maximum atomic E-state index is 12.8. The Kier molecular flexibility index (Phi) is 5.94. The molecule has 6 nitrogen and oxygen atoms in total. The molecule has 0 radical (unpaired) electrons. The van der Waals surface area contributed by atoms with Crippen LogP contribution in [0.25, 0.3) is 10.9 Å². The van der Waals surface area contributed by atoms with Gasteiger partial charge in [-0.3, -0.25) is 18.7 Å². The molecule has 3 aromatic rings. The van der Waals surface area contributed by atoms with E-state index in [0.29, 0.717) is 23.4 Å². The minimum atomic E-state index is -0.865. The number of fused-ring (bicyclic) bond motifs is 1. The van der Waals surface area contributed by atoms with E-state index in [0.717, 1.165) is 4.57 Å². The van der Waals surface area contributed by atoms with Crippen LogP contribution < -0.4 is 16.0 Å². The number of carbonyl (C=O) groups excluding carboxylic acids is 1. The quantitative estimate of drug-likeness (QED) is 0.567. The van der Waals surface area contributed by atoms with Gasteiger partial charge >= 0.3 is 5.69 Å². The standard InChI is InChI=1S/C20H18ClFN2O4/c1-2-28-18-8-7-13(11-15(18)21)17(25)12-24-16-6-4-3-5-14(16)19(26)23(10-9-22)20(24)27/h3-8,11H,2,9-10,12H2,1H3. The van der Waals surface area contributed by atoms with Gasteiger partial charge in [0.25, 0.3) is 5.56 Å². The van der Waals surface area contributed by atoms with Crippen LogP contribution in [0.4, 0.5) is 4.39 Å². The summed E-state index contributed by atoms with van der Waals surface area (Å²) >= 11 is 6.14. The molecule has 0 fully saturated rings. The van der Waals surface area contributed by atoms with Gasteiger partial charge in [0, 0.05) is 5.56 Å². The normalized spacial score (nSPS) is 11.0. The van der Waals surface area contributed by atoms with Crippen LogP contribution in [0.3, 0.4) is 0 Å². The van der Waals surface area contributed by atoms with Gasteiger partial charge in [0.05, 0.1) is 35.6 Å². The molecule has 0 unspecified atom stereocenters. The Morgan fingerprint density at radius 3 is 2.57 bits per heavy atom. The van der Waals surface area contributed by atoms with Gasteiger partial charge < -0.3 is 4.74 Å². The van der Waals surface area contributed by atoms with E-state index in [2.05, 4.69) is 0 Å². The van der Waals surface area contributed by atoms with Crippen LogP contribution in [-0.2, 0) is 13.1 Å². The molecule has 0 aliphatic carbocycles. The van der Waals surface area contributed by atoms with E-state index in [1.807, 2.05) is 6.92 Å². The van der Waals surface area contributed by atoms with Crippen molar-refractivity contribution < 1.29 is 13.9 Å². The first kappa shape index (κ1) is 19.8. The monoisotopic (exact) mass is 404 g/mol. The molecule has 2 aromatic carbocycles. The van der Waals surface area contributed by atoms with Gasteiger partial charge in [-0.15, -0.1) is 0 Å². The summed E-state index contributed by atoms with van der Waals surface area (Å²) in [6, 6.07) is 11.0. The number of rotatable bonds is 7. The number of nitrogens with zero attached hydrogens (tertiary/aromatic N) is 2. The number of para-hydroxylation sites is 1. The summed E-state index contributed by atoms with van der Waals surface area (Å²) in [5.41, 5.74) is -0.691. The van der Waals surface area contributed by atoms with Crippen molar-refractivity contribution in [3.8, 4) is 5.75 Å². The van der Waals surface area contributed by atoms with Crippen LogP contribution >= 0.6 is 11.6 Å². The lowest BCUT2D eigenvalue weighted by Crippen LogP contribution is -2.41. The molecule has 0 bridgehead atoms. The second-order valence-electron chi connectivity index (χ2n) is 6.03. The summed E-state index contributed by atoms with van der Waals surface area (Å²) in [5.74, 6) is 0.0856. The number of Topliss-reactive ketones (excluding diaryl/α,β-unsaturated/α-hetero) is 1.